The summed E-state index contributed by atoms with van der Waals surface area (Å²) in [6.45, 7) is 10.9. The fourth-order valence-electron chi connectivity index (χ4n) is 8.72. The molecule has 2 N–H and O–H groups in total. The average molecular weight is 518 g/mol. The third-order valence-electron chi connectivity index (χ3n) is 10.8. The van der Waals surface area contributed by atoms with Crippen molar-refractivity contribution < 1.29 is 24.5 Å². The van der Waals surface area contributed by atoms with E-state index in [4.69, 9.17) is 4.74 Å². The number of unbranched alkanes of at least 4 members (excludes halogenated alkanes) is 2. The highest BCUT2D eigenvalue weighted by Crippen LogP contribution is 2.67. The van der Waals surface area contributed by atoms with Crippen molar-refractivity contribution in [3.63, 3.8) is 0 Å². The Morgan fingerprint density at radius 1 is 1.11 bits per heavy atom. The van der Waals surface area contributed by atoms with Gasteiger partial charge in [-0.05, 0) is 108 Å². The fraction of sp³-hybridized carbons (Fsp3) is 0.871. The minimum Gasteiger partial charge on any atom is -0.444 e. The molecule has 4 rings (SSSR count). The molecule has 210 valence electrons. The average Bonchev–Trinajstić information content (AvgIpc) is 3.13. The molecular formula is C31H51NO5. The molecule has 0 aromatic heterocycles. The standard InChI is InChI=1S/C31H51NO5/c1-29(2,3)37-28(36)32(6)17-9-7-8-10-20-13-15-30(4)23-14-16-31(5)22(11-12-25(31)34)26(23)27(35)21(19-33)24(30)18-20/h10,21-24,26-27,33,35H,7-9,11-19H2,1-6H3/t21-,22?,23?,24?,26?,27-,30-,31+/m1/s1. The lowest BCUT2D eigenvalue weighted by atomic mass is 9.42. The number of ether oxygens (including phenoxy) is 1. The van der Waals surface area contributed by atoms with Gasteiger partial charge in [-0.25, -0.2) is 4.79 Å². The fourth-order valence-corrected chi connectivity index (χ4v) is 8.72. The van der Waals surface area contributed by atoms with E-state index in [1.54, 1.807) is 11.9 Å². The van der Waals surface area contributed by atoms with E-state index in [-0.39, 0.29) is 47.2 Å². The predicted molar refractivity (Wildman–Crippen MR) is 145 cm³/mol. The number of fused-ring (bicyclic) bond motifs is 5. The van der Waals surface area contributed by atoms with E-state index in [1.165, 1.54) is 5.57 Å². The molecule has 1 amide bonds. The van der Waals surface area contributed by atoms with Crippen molar-refractivity contribution in [2.75, 3.05) is 20.2 Å². The lowest BCUT2D eigenvalue weighted by Crippen LogP contribution is -2.62. The van der Waals surface area contributed by atoms with Crippen LogP contribution in [0.4, 0.5) is 4.79 Å². The van der Waals surface area contributed by atoms with Crippen LogP contribution < -0.4 is 0 Å². The van der Waals surface area contributed by atoms with E-state index < -0.39 is 11.7 Å². The van der Waals surface area contributed by atoms with E-state index in [1.807, 2.05) is 20.8 Å². The number of aliphatic hydroxyl groups is 2. The highest BCUT2D eigenvalue weighted by atomic mass is 16.6. The highest BCUT2D eigenvalue weighted by Gasteiger charge is 2.64. The summed E-state index contributed by atoms with van der Waals surface area (Å²) in [5, 5.41) is 22.1. The van der Waals surface area contributed by atoms with Gasteiger partial charge in [0.1, 0.15) is 11.4 Å². The molecule has 6 heteroatoms. The minimum atomic E-state index is -0.522. The van der Waals surface area contributed by atoms with Gasteiger partial charge in [-0.1, -0.05) is 25.5 Å². The van der Waals surface area contributed by atoms with Crippen LogP contribution in [0.15, 0.2) is 11.6 Å². The quantitative estimate of drug-likeness (QED) is 0.346. The molecule has 4 saturated carbocycles. The van der Waals surface area contributed by atoms with Gasteiger partial charge in [0.2, 0.25) is 0 Å². The number of allylic oxidation sites excluding steroid dienone is 2. The molecule has 4 fully saturated rings. The topological polar surface area (TPSA) is 87.1 Å². The third-order valence-corrected chi connectivity index (χ3v) is 10.8. The van der Waals surface area contributed by atoms with Crippen molar-refractivity contribution in [2.24, 2.45) is 40.4 Å². The summed E-state index contributed by atoms with van der Waals surface area (Å²) in [7, 11) is 1.79. The van der Waals surface area contributed by atoms with Crippen molar-refractivity contribution in [3.05, 3.63) is 11.6 Å². The zero-order valence-electron chi connectivity index (χ0n) is 24.1. The van der Waals surface area contributed by atoms with Gasteiger partial charge in [0, 0.05) is 38.0 Å². The number of ketones is 1. The number of carbonyl (C=O) groups is 2. The van der Waals surface area contributed by atoms with Crippen LogP contribution in [0.1, 0.15) is 98.8 Å². The maximum absolute atomic E-state index is 12.8. The van der Waals surface area contributed by atoms with Crippen LogP contribution in [0, 0.1) is 40.4 Å². The van der Waals surface area contributed by atoms with Gasteiger partial charge in [-0.2, -0.15) is 0 Å². The molecule has 4 aliphatic carbocycles. The largest absolute Gasteiger partial charge is 0.444 e. The number of rotatable bonds is 6. The van der Waals surface area contributed by atoms with E-state index >= 15 is 0 Å². The maximum Gasteiger partial charge on any atom is 0.410 e. The summed E-state index contributed by atoms with van der Waals surface area (Å²) in [5.74, 6) is 1.39. The van der Waals surface area contributed by atoms with Crippen LogP contribution >= 0.6 is 0 Å². The van der Waals surface area contributed by atoms with Crippen LogP contribution in [0.3, 0.4) is 0 Å². The lowest BCUT2D eigenvalue weighted by Gasteiger charge is -2.63. The van der Waals surface area contributed by atoms with Crippen molar-refractivity contribution in [1.29, 1.82) is 0 Å². The molecule has 37 heavy (non-hydrogen) atoms. The first-order valence-corrected chi connectivity index (χ1v) is 14.8. The second-order valence-corrected chi connectivity index (χ2v) is 14.1. The zero-order valence-corrected chi connectivity index (χ0v) is 24.1. The molecule has 0 aromatic rings. The van der Waals surface area contributed by atoms with Gasteiger partial charge >= 0.3 is 6.09 Å². The van der Waals surface area contributed by atoms with Crippen LogP contribution in [0.2, 0.25) is 0 Å². The lowest BCUT2D eigenvalue weighted by molar-refractivity contribution is -0.191. The van der Waals surface area contributed by atoms with Crippen LogP contribution in [-0.4, -0.2) is 58.9 Å². The second kappa shape index (κ2) is 10.6. The zero-order chi connectivity index (χ0) is 27.2. The molecular weight excluding hydrogens is 466 g/mol. The Bertz CT molecular complexity index is 893. The van der Waals surface area contributed by atoms with Crippen molar-refractivity contribution in [3.8, 4) is 0 Å². The molecule has 6 nitrogen and oxygen atoms in total. The Morgan fingerprint density at radius 2 is 1.84 bits per heavy atom. The molecule has 0 saturated heterocycles. The summed E-state index contributed by atoms with van der Waals surface area (Å²) in [6, 6.07) is 0. The Kier molecular flexibility index (Phi) is 8.22. The predicted octanol–water partition coefficient (Wildman–Crippen LogP) is 5.75. The number of amides is 1. The van der Waals surface area contributed by atoms with Gasteiger partial charge in [0.05, 0.1) is 6.10 Å². The Balaban J connectivity index is 1.37. The molecule has 4 unspecified atom stereocenters. The molecule has 0 aliphatic heterocycles. The molecule has 0 spiro atoms. The van der Waals surface area contributed by atoms with Gasteiger partial charge < -0.3 is 19.8 Å². The smallest absolute Gasteiger partial charge is 0.410 e. The molecule has 0 bridgehead atoms. The van der Waals surface area contributed by atoms with Crippen LogP contribution in [0.5, 0.6) is 0 Å². The molecule has 0 aromatic carbocycles. The second-order valence-electron chi connectivity index (χ2n) is 14.1. The third kappa shape index (κ3) is 5.39. The van der Waals surface area contributed by atoms with E-state index in [2.05, 4.69) is 19.9 Å². The summed E-state index contributed by atoms with van der Waals surface area (Å²) in [6.07, 6.45) is 11.2. The number of Topliss-reactive ketones (excluding diaryl/α,β-unsaturated/α-hetero) is 1. The Labute approximate surface area is 224 Å². The normalized spacial score (nSPS) is 40.6. The summed E-state index contributed by atoms with van der Waals surface area (Å²) >= 11 is 0. The summed E-state index contributed by atoms with van der Waals surface area (Å²) < 4.78 is 5.43. The number of carbonyl (C=O) groups excluding carboxylic acids is 2. The summed E-state index contributed by atoms with van der Waals surface area (Å²) in [5.41, 5.74) is 0.820. The number of hydrogen-bond donors (Lipinski definition) is 2. The monoisotopic (exact) mass is 517 g/mol. The number of aliphatic hydroxyl groups excluding tert-OH is 2. The molecule has 8 atom stereocenters. The van der Waals surface area contributed by atoms with E-state index in [0.29, 0.717) is 24.7 Å². The Morgan fingerprint density at radius 3 is 2.51 bits per heavy atom. The van der Waals surface area contributed by atoms with E-state index in [0.717, 1.165) is 57.8 Å². The SMILES string of the molecule is CN(CCCCC=C1CC[C@]2(C)C3CC[C@]4(C)C(=O)CCC4C3[C@H](O)[C@H](CO)C2C1)C(=O)OC(C)(C)C. The number of hydrogen-bond acceptors (Lipinski definition) is 5. The van der Waals surface area contributed by atoms with Gasteiger partial charge in [0.15, 0.2) is 0 Å². The van der Waals surface area contributed by atoms with E-state index in [9.17, 15) is 19.8 Å². The summed E-state index contributed by atoms with van der Waals surface area (Å²) in [4.78, 5) is 26.6. The molecule has 4 aliphatic rings. The minimum absolute atomic E-state index is 0.0201. The Hall–Kier alpha value is -1.40. The first kappa shape index (κ1) is 28.6. The van der Waals surface area contributed by atoms with Crippen LogP contribution in [0.25, 0.3) is 0 Å². The van der Waals surface area contributed by atoms with Crippen LogP contribution in [-0.2, 0) is 9.53 Å². The first-order chi connectivity index (χ1) is 17.3. The maximum atomic E-state index is 12.8. The van der Waals surface area contributed by atoms with Crippen molar-refractivity contribution in [2.45, 2.75) is 111 Å². The van der Waals surface area contributed by atoms with Gasteiger partial charge in [0.25, 0.3) is 0 Å². The first-order valence-electron chi connectivity index (χ1n) is 14.8. The highest BCUT2D eigenvalue weighted by molar-refractivity contribution is 5.87. The van der Waals surface area contributed by atoms with Gasteiger partial charge in [-0.3, -0.25) is 4.79 Å². The van der Waals surface area contributed by atoms with Crippen molar-refractivity contribution in [1.82, 2.24) is 4.90 Å². The number of nitrogens with zero attached hydrogens (tertiary/aromatic N) is 1. The molecule has 0 radical (unpaired) electrons. The van der Waals surface area contributed by atoms with Gasteiger partial charge in [-0.15, -0.1) is 0 Å². The molecule has 0 heterocycles. The van der Waals surface area contributed by atoms with Crippen molar-refractivity contribution >= 4 is 11.9 Å².